The molecule has 146 valence electrons. The van der Waals surface area contributed by atoms with Crippen LogP contribution in [0.15, 0.2) is 30.6 Å². The lowest BCUT2D eigenvalue weighted by Crippen LogP contribution is -2.20. The van der Waals surface area contributed by atoms with E-state index in [1.54, 1.807) is 16.9 Å². The van der Waals surface area contributed by atoms with E-state index in [0.717, 1.165) is 0 Å². The number of aryl methyl sites for hydroxylation is 1. The summed E-state index contributed by atoms with van der Waals surface area (Å²) in [5.74, 6) is -0.827. The minimum Gasteiger partial charge on any atom is -0.322 e. The Morgan fingerprint density at radius 2 is 2.14 bits per heavy atom. The Hall–Kier alpha value is -3.27. The van der Waals surface area contributed by atoms with Gasteiger partial charge in [0.1, 0.15) is 23.7 Å². The van der Waals surface area contributed by atoms with Crippen molar-refractivity contribution < 1.29 is 14.1 Å². The first kappa shape index (κ1) is 19.5. The van der Waals surface area contributed by atoms with Gasteiger partial charge in [-0.15, -0.1) is 0 Å². The van der Waals surface area contributed by atoms with Crippen LogP contribution in [0.2, 0.25) is 5.02 Å². The number of benzene rings is 1. The molecule has 28 heavy (non-hydrogen) atoms. The number of rotatable bonds is 6. The quantitative estimate of drug-likeness (QED) is 0.500. The highest BCUT2D eigenvalue weighted by molar-refractivity contribution is 6.31. The highest BCUT2D eigenvalue weighted by Gasteiger charge is 2.22. The number of halogens is 2. The number of amides is 1. The Balaban J connectivity index is 1.66. The van der Waals surface area contributed by atoms with E-state index in [-0.39, 0.29) is 22.9 Å². The summed E-state index contributed by atoms with van der Waals surface area (Å²) in [4.78, 5) is 22.8. The van der Waals surface area contributed by atoms with E-state index in [9.17, 15) is 19.3 Å². The lowest BCUT2D eigenvalue weighted by molar-refractivity contribution is -0.386. The van der Waals surface area contributed by atoms with Crippen LogP contribution in [-0.2, 0) is 17.9 Å². The van der Waals surface area contributed by atoms with Crippen molar-refractivity contribution in [3.05, 3.63) is 68.5 Å². The summed E-state index contributed by atoms with van der Waals surface area (Å²) in [6, 6.07) is 4.09. The van der Waals surface area contributed by atoms with Crippen LogP contribution >= 0.6 is 11.6 Å². The van der Waals surface area contributed by atoms with Gasteiger partial charge in [-0.25, -0.2) is 4.39 Å². The first-order valence-electron chi connectivity index (χ1n) is 8.19. The molecule has 1 amide bonds. The molecule has 1 aromatic carbocycles. The molecular formula is C17H16ClFN6O3. The van der Waals surface area contributed by atoms with Crippen LogP contribution in [0.1, 0.15) is 17.0 Å². The normalized spacial score (nSPS) is 10.9. The number of anilines is 1. The molecule has 0 atom stereocenters. The minimum absolute atomic E-state index is 0.100. The molecule has 11 heteroatoms. The molecule has 0 aliphatic rings. The van der Waals surface area contributed by atoms with Gasteiger partial charge in [-0.2, -0.15) is 10.2 Å². The Kier molecular flexibility index (Phi) is 5.41. The number of aromatic nitrogens is 4. The molecule has 0 bridgehead atoms. The monoisotopic (exact) mass is 406 g/mol. The van der Waals surface area contributed by atoms with E-state index in [2.05, 4.69) is 15.5 Å². The summed E-state index contributed by atoms with van der Waals surface area (Å²) in [6.07, 6.45) is 3.06. The second-order valence-corrected chi connectivity index (χ2v) is 6.55. The molecule has 2 heterocycles. The maximum atomic E-state index is 13.1. The summed E-state index contributed by atoms with van der Waals surface area (Å²) >= 11 is 6.00. The Morgan fingerprint density at radius 3 is 2.79 bits per heavy atom. The predicted molar refractivity (Wildman–Crippen MR) is 99.7 cm³/mol. The molecular weight excluding hydrogens is 391 g/mol. The minimum atomic E-state index is -0.517. The number of carbonyl (C=O) groups is 1. The molecule has 0 unspecified atom stereocenters. The Morgan fingerprint density at radius 1 is 1.39 bits per heavy atom. The SMILES string of the molecule is Cc1nn(CC(=O)Nc2cnn(Cc3ccc(F)cc3Cl)c2)c(C)c1[N+](=O)[O-]. The Labute approximate surface area is 163 Å². The first-order chi connectivity index (χ1) is 13.2. The van der Waals surface area contributed by atoms with Crippen molar-refractivity contribution in [2.75, 3.05) is 5.32 Å². The number of carbonyl (C=O) groups excluding carboxylic acids is 1. The van der Waals surface area contributed by atoms with Gasteiger partial charge < -0.3 is 5.32 Å². The van der Waals surface area contributed by atoms with Crippen molar-refractivity contribution in [1.82, 2.24) is 19.6 Å². The molecule has 1 N–H and O–H groups in total. The predicted octanol–water partition coefficient (Wildman–Crippen LogP) is 3.08. The zero-order valence-electron chi connectivity index (χ0n) is 15.0. The van der Waals surface area contributed by atoms with E-state index in [4.69, 9.17) is 11.6 Å². The van der Waals surface area contributed by atoms with E-state index in [0.29, 0.717) is 23.5 Å². The average molecular weight is 407 g/mol. The van der Waals surface area contributed by atoms with E-state index in [1.165, 1.54) is 36.9 Å². The van der Waals surface area contributed by atoms with Gasteiger partial charge in [-0.1, -0.05) is 17.7 Å². The summed E-state index contributed by atoms with van der Waals surface area (Å²) in [6.45, 7) is 3.19. The molecule has 0 aliphatic carbocycles. The number of hydrogen-bond donors (Lipinski definition) is 1. The zero-order chi connectivity index (χ0) is 20.4. The molecule has 0 radical (unpaired) electrons. The maximum Gasteiger partial charge on any atom is 0.312 e. The Bertz CT molecular complexity index is 1060. The number of nitrogens with one attached hydrogen (secondary N) is 1. The summed E-state index contributed by atoms with van der Waals surface area (Å²) in [5.41, 5.74) is 1.58. The molecule has 3 rings (SSSR count). The topological polar surface area (TPSA) is 108 Å². The van der Waals surface area contributed by atoms with Crippen LogP contribution in [0, 0.1) is 29.8 Å². The fourth-order valence-electron chi connectivity index (χ4n) is 2.78. The van der Waals surface area contributed by atoms with Crippen LogP contribution in [0.25, 0.3) is 0 Å². The first-order valence-corrected chi connectivity index (χ1v) is 8.57. The van der Waals surface area contributed by atoms with Crippen LogP contribution < -0.4 is 5.32 Å². The molecule has 9 nitrogen and oxygen atoms in total. The highest BCUT2D eigenvalue weighted by atomic mass is 35.5. The van der Waals surface area contributed by atoms with Gasteiger partial charge in [-0.05, 0) is 31.5 Å². The van der Waals surface area contributed by atoms with Gasteiger partial charge in [0.2, 0.25) is 5.91 Å². The van der Waals surface area contributed by atoms with Crippen LogP contribution in [0.5, 0.6) is 0 Å². The van der Waals surface area contributed by atoms with Crippen molar-refractivity contribution in [2.45, 2.75) is 26.9 Å². The van der Waals surface area contributed by atoms with Gasteiger partial charge in [-0.3, -0.25) is 24.3 Å². The molecule has 3 aromatic rings. The molecule has 0 aliphatic heterocycles. The molecule has 2 aromatic heterocycles. The summed E-state index contributed by atoms with van der Waals surface area (Å²) in [5, 5.41) is 22.2. The zero-order valence-corrected chi connectivity index (χ0v) is 15.8. The molecule has 0 fully saturated rings. The second-order valence-electron chi connectivity index (χ2n) is 6.14. The highest BCUT2D eigenvalue weighted by Crippen LogP contribution is 2.22. The number of hydrogen-bond acceptors (Lipinski definition) is 5. The van der Waals surface area contributed by atoms with Crippen molar-refractivity contribution in [2.24, 2.45) is 0 Å². The number of nitrogens with zero attached hydrogens (tertiary/aromatic N) is 5. The standard InChI is InChI=1S/C17H16ClFN6O3/c1-10-17(25(27)28)11(2)24(22-10)9-16(26)21-14-6-20-23(8-14)7-12-3-4-13(19)5-15(12)18/h3-6,8H,7,9H2,1-2H3,(H,21,26). The molecule has 0 spiro atoms. The lowest BCUT2D eigenvalue weighted by Gasteiger charge is -2.05. The smallest absolute Gasteiger partial charge is 0.312 e. The van der Waals surface area contributed by atoms with Crippen molar-refractivity contribution in [3.8, 4) is 0 Å². The van der Waals surface area contributed by atoms with Gasteiger partial charge in [0, 0.05) is 11.2 Å². The third kappa shape index (κ3) is 4.17. The number of nitro groups is 1. The van der Waals surface area contributed by atoms with Crippen molar-refractivity contribution >= 4 is 28.9 Å². The van der Waals surface area contributed by atoms with Gasteiger partial charge in [0.15, 0.2) is 0 Å². The van der Waals surface area contributed by atoms with Crippen LogP contribution in [-0.4, -0.2) is 30.4 Å². The van der Waals surface area contributed by atoms with Crippen LogP contribution in [0.4, 0.5) is 15.8 Å². The van der Waals surface area contributed by atoms with E-state index < -0.39 is 16.6 Å². The fourth-order valence-corrected chi connectivity index (χ4v) is 3.01. The van der Waals surface area contributed by atoms with Crippen LogP contribution in [0.3, 0.4) is 0 Å². The van der Waals surface area contributed by atoms with Crippen molar-refractivity contribution in [3.63, 3.8) is 0 Å². The third-order valence-electron chi connectivity index (χ3n) is 4.08. The van der Waals surface area contributed by atoms with Gasteiger partial charge in [0.05, 0.1) is 23.4 Å². The van der Waals surface area contributed by atoms with E-state index in [1.807, 2.05) is 0 Å². The van der Waals surface area contributed by atoms with E-state index >= 15 is 0 Å². The summed E-state index contributed by atoms with van der Waals surface area (Å²) in [7, 11) is 0. The fraction of sp³-hybridized carbons (Fsp3) is 0.235. The lowest BCUT2D eigenvalue weighted by atomic mass is 10.2. The molecule has 0 saturated heterocycles. The maximum absolute atomic E-state index is 13.1. The molecule has 0 saturated carbocycles. The van der Waals surface area contributed by atoms with Gasteiger partial charge >= 0.3 is 5.69 Å². The second kappa shape index (κ2) is 7.77. The average Bonchev–Trinajstić information content (AvgIpc) is 3.14. The summed E-state index contributed by atoms with van der Waals surface area (Å²) < 4.78 is 15.9. The largest absolute Gasteiger partial charge is 0.322 e. The third-order valence-corrected chi connectivity index (χ3v) is 4.44. The van der Waals surface area contributed by atoms with Gasteiger partial charge in [0.25, 0.3) is 0 Å². The van der Waals surface area contributed by atoms with Crippen molar-refractivity contribution in [1.29, 1.82) is 0 Å².